The van der Waals surface area contributed by atoms with Gasteiger partial charge in [0.15, 0.2) is 0 Å². The standard InChI is InChI=1S/C24H30N2O3/c1-29-20-12-10-18(11-13-20)23-21-9-5-6-14-24(21,28)15-16-26(23)17-22(27)25-19-7-3-2-4-8-19/h2-4,7-8,10-13,21,23,28H,5-6,9,14-17H2,1H3,(H,25,27)/t21-,23+,24-/m1/s1. The second-order valence-electron chi connectivity index (χ2n) is 8.31. The number of hydrogen-bond donors (Lipinski definition) is 2. The molecule has 29 heavy (non-hydrogen) atoms. The maximum absolute atomic E-state index is 12.8. The van der Waals surface area contributed by atoms with E-state index in [0.717, 1.165) is 49.1 Å². The average molecular weight is 395 g/mol. The lowest BCUT2D eigenvalue weighted by atomic mass is 9.66. The van der Waals surface area contributed by atoms with E-state index < -0.39 is 5.60 Å². The van der Waals surface area contributed by atoms with Crippen molar-refractivity contribution in [2.45, 2.75) is 43.7 Å². The number of ether oxygens (including phenoxy) is 1. The number of rotatable bonds is 5. The molecule has 1 heterocycles. The number of hydrogen-bond acceptors (Lipinski definition) is 4. The molecule has 2 N–H and O–H groups in total. The smallest absolute Gasteiger partial charge is 0.238 e. The molecule has 2 aliphatic rings. The maximum Gasteiger partial charge on any atom is 0.238 e. The summed E-state index contributed by atoms with van der Waals surface area (Å²) >= 11 is 0. The average Bonchev–Trinajstić information content (AvgIpc) is 2.74. The predicted molar refractivity (Wildman–Crippen MR) is 114 cm³/mol. The van der Waals surface area contributed by atoms with E-state index in [0.29, 0.717) is 13.1 Å². The Labute approximate surface area is 172 Å². The molecule has 2 fully saturated rings. The number of nitrogens with one attached hydrogen (secondary N) is 1. The van der Waals surface area contributed by atoms with Gasteiger partial charge >= 0.3 is 0 Å². The number of fused-ring (bicyclic) bond motifs is 1. The molecule has 1 saturated carbocycles. The fraction of sp³-hybridized carbons (Fsp3) is 0.458. The summed E-state index contributed by atoms with van der Waals surface area (Å²) in [5.41, 5.74) is 1.32. The zero-order chi connectivity index (χ0) is 20.3. The number of para-hydroxylation sites is 1. The number of methoxy groups -OCH3 is 1. The lowest BCUT2D eigenvalue weighted by molar-refractivity contribution is -0.135. The monoisotopic (exact) mass is 394 g/mol. The first kappa shape index (κ1) is 19.9. The minimum absolute atomic E-state index is 0.0176. The van der Waals surface area contributed by atoms with Crippen molar-refractivity contribution in [3.63, 3.8) is 0 Å². The molecule has 0 aromatic heterocycles. The van der Waals surface area contributed by atoms with Crippen LogP contribution in [0.15, 0.2) is 54.6 Å². The Kier molecular flexibility index (Phi) is 5.88. The lowest BCUT2D eigenvalue weighted by Crippen LogP contribution is -2.56. The quantitative estimate of drug-likeness (QED) is 0.805. The van der Waals surface area contributed by atoms with Crippen molar-refractivity contribution in [3.05, 3.63) is 60.2 Å². The van der Waals surface area contributed by atoms with Gasteiger partial charge in [-0.1, -0.05) is 43.2 Å². The van der Waals surface area contributed by atoms with Crippen LogP contribution >= 0.6 is 0 Å². The highest BCUT2D eigenvalue weighted by Crippen LogP contribution is 2.49. The molecule has 0 unspecified atom stereocenters. The van der Waals surface area contributed by atoms with Crippen LogP contribution in [0, 0.1) is 5.92 Å². The fourth-order valence-electron chi connectivity index (χ4n) is 5.07. The molecule has 5 nitrogen and oxygen atoms in total. The second kappa shape index (κ2) is 8.56. The summed E-state index contributed by atoms with van der Waals surface area (Å²) in [5.74, 6) is 0.940. The first-order valence-electron chi connectivity index (χ1n) is 10.5. The molecular formula is C24H30N2O3. The third kappa shape index (κ3) is 4.31. The van der Waals surface area contributed by atoms with Gasteiger partial charge in [0, 0.05) is 24.2 Å². The molecule has 5 heteroatoms. The van der Waals surface area contributed by atoms with Gasteiger partial charge in [-0.05, 0) is 49.1 Å². The van der Waals surface area contributed by atoms with Gasteiger partial charge in [-0.15, -0.1) is 0 Å². The van der Waals surface area contributed by atoms with Crippen molar-refractivity contribution in [1.29, 1.82) is 0 Å². The minimum atomic E-state index is -0.630. The van der Waals surface area contributed by atoms with Crippen molar-refractivity contribution in [2.24, 2.45) is 5.92 Å². The Bertz CT molecular complexity index is 824. The van der Waals surface area contributed by atoms with Crippen molar-refractivity contribution in [3.8, 4) is 5.75 Å². The van der Waals surface area contributed by atoms with Crippen molar-refractivity contribution >= 4 is 11.6 Å². The Morgan fingerprint density at radius 3 is 2.62 bits per heavy atom. The van der Waals surface area contributed by atoms with Gasteiger partial charge in [0.05, 0.1) is 19.3 Å². The summed E-state index contributed by atoms with van der Waals surface area (Å²) in [7, 11) is 1.66. The molecule has 2 aromatic rings. The summed E-state index contributed by atoms with van der Waals surface area (Å²) in [4.78, 5) is 15.0. The number of carbonyl (C=O) groups is 1. The van der Waals surface area contributed by atoms with Crippen LogP contribution in [0.25, 0.3) is 0 Å². The summed E-state index contributed by atoms with van der Waals surface area (Å²) < 4.78 is 5.31. The maximum atomic E-state index is 12.8. The predicted octanol–water partition coefficient (Wildman–Crippen LogP) is 4.00. The van der Waals surface area contributed by atoms with Crippen LogP contribution in [-0.4, -0.2) is 41.7 Å². The molecule has 1 amide bonds. The molecule has 1 aliphatic heterocycles. The first-order chi connectivity index (χ1) is 14.1. The molecule has 3 atom stereocenters. The molecular weight excluding hydrogens is 364 g/mol. The number of amides is 1. The van der Waals surface area contributed by atoms with Crippen LogP contribution < -0.4 is 10.1 Å². The molecule has 0 bridgehead atoms. The van der Waals surface area contributed by atoms with Gasteiger partial charge in [0.25, 0.3) is 0 Å². The zero-order valence-electron chi connectivity index (χ0n) is 17.0. The molecule has 0 radical (unpaired) electrons. The second-order valence-corrected chi connectivity index (χ2v) is 8.31. The van der Waals surface area contributed by atoms with Gasteiger partial charge in [-0.3, -0.25) is 9.69 Å². The van der Waals surface area contributed by atoms with Crippen LogP contribution in [0.4, 0.5) is 5.69 Å². The van der Waals surface area contributed by atoms with Crippen molar-refractivity contribution < 1.29 is 14.6 Å². The molecule has 0 spiro atoms. The van der Waals surface area contributed by atoms with E-state index in [-0.39, 0.29) is 17.9 Å². The highest BCUT2D eigenvalue weighted by atomic mass is 16.5. The van der Waals surface area contributed by atoms with E-state index >= 15 is 0 Å². The van der Waals surface area contributed by atoms with Crippen LogP contribution in [0.5, 0.6) is 5.75 Å². The van der Waals surface area contributed by atoms with E-state index in [4.69, 9.17) is 4.74 Å². The Morgan fingerprint density at radius 1 is 1.14 bits per heavy atom. The van der Waals surface area contributed by atoms with Gasteiger partial charge in [-0.25, -0.2) is 0 Å². The summed E-state index contributed by atoms with van der Waals surface area (Å²) in [6, 6.07) is 17.7. The van der Waals surface area contributed by atoms with Crippen molar-refractivity contribution in [2.75, 3.05) is 25.5 Å². The highest BCUT2D eigenvalue weighted by Gasteiger charge is 2.49. The summed E-state index contributed by atoms with van der Waals surface area (Å²) in [6.07, 6.45) is 4.78. The number of anilines is 1. The molecule has 154 valence electrons. The van der Waals surface area contributed by atoms with Gasteiger partial charge in [0.2, 0.25) is 5.91 Å². The Hall–Kier alpha value is -2.37. The zero-order valence-corrected chi connectivity index (χ0v) is 17.0. The third-order valence-corrected chi connectivity index (χ3v) is 6.53. The van der Waals surface area contributed by atoms with E-state index in [1.54, 1.807) is 7.11 Å². The lowest BCUT2D eigenvalue weighted by Gasteiger charge is -2.52. The Morgan fingerprint density at radius 2 is 1.90 bits per heavy atom. The summed E-state index contributed by atoms with van der Waals surface area (Å²) in [5, 5.41) is 14.4. The molecule has 1 saturated heterocycles. The van der Waals surface area contributed by atoms with E-state index in [2.05, 4.69) is 22.3 Å². The number of benzene rings is 2. The van der Waals surface area contributed by atoms with Gasteiger partial charge in [0.1, 0.15) is 5.75 Å². The normalized spacial score (nSPS) is 27.1. The third-order valence-electron chi connectivity index (χ3n) is 6.53. The number of nitrogens with zero attached hydrogens (tertiary/aromatic N) is 1. The molecule has 2 aromatic carbocycles. The molecule has 1 aliphatic carbocycles. The van der Waals surface area contributed by atoms with Crippen LogP contribution in [0.3, 0.4) is 0 Å². The summed E-state index contributed by atoms with van der Waals surface area (Å²) in [6.45, 7) is 1.03. The van der Waals surface area contributed by atoms with Crippen LogP contribution in [0.2, 0.25) is 0 Å². The van der Waals surface area contributed by atoms with Gasteiger partial charge in [-0.2, -0.15) is 0 Å². The topological polar surface area (TPSA) is 61.8 Å². The minimum Gasteiger partial charge on any atom is -0.497 e. The van der Waals surface area contributed by atoms with E-state index in [1.807, 2.05) is 42.5 Å². The van der Waals surface area contributed by atoms with Crippen LogP contribution in [-0.2, 0) is 4.79 Å². The highest BCUT2D eigenvalue weighted by molar-refractivity contribution is 5.92. The van der Waals surface area contributed by atoms with E-state index in [1.165, 1.54) is 0 Å². The fourth-order valence-corrected chi connectivity index (χ4v) is 5.07. The SMILES string of the molecule is COc1ccc([C@H]2[C@H]3CCCC[C@@]3(O)CCN2CC(=O)Nc2ccccc2)cc1. The number of carbonyl (C=O) groups excluding carboxylic acids is 1. The number of piperidine rings is 1. The molecule has 4 rings (SSSR count). The number of likely N-dealkylation sites (tertiary alicyclic amines) is 1. The van der Waals surface area contributed by atoms with E-state index in [9.17, 15) is 9.90 Å². The van der Waals surface area contributed by atoms with Crippen LogP contribution in [0.1, 0.15) is 43.7 Å². The Balaban J connectivity index is 1.57. The largest absolute Gasteiger partial charge is 0.497 e. The number of aliphatic hydroxyl groups is 1. The first-order valence-corrected chi connectivity index (χ1v) is 10.5. The van der Waals surface area contributed by atoms with Gasteiger partial charge < -0.3 is 15.2 Å². The van der Waals surface area contributed by atoms with Crippen molar-refractivity contribution in [1.82, 2.24) is 4.90 Å².